The van der Waals surface area contributed by atoms with Gasteiger partial charge in [0.15, 0.2) is 5.78 Å². The van der Waals surface area contributed by atoms with Gasteiger partial charge in [-0.15, -0.1) is 0 Å². The fraction of sp³-hybridized carbons (Fsp3) is 0.667. The predicted octanol–water partition coefficient (Wildman–Crippen LogP) is 2.95. The first-order valence-electron chi connectivity index (χ1n) is 6.02. The number of carbonyl (C=O) groups excluding carboxylic acids is 1. The summed E-state index contributed by atoms with van der Waals surface area (Å²) in [6, 6.07) is 0. The van der Waals surface area contributed by atoms with Crippen LogP contribution in [0.3, 0.4) is 0 Å². The van der Waals surface area contributed by atoms with Gasteiger partial charge in [0, 0.05) is 19.6 Å². The van der Waals surface area contributed by atoms with E-state index in [1.54, 1.807) is 4.68 Å². The summed E-state index contributed by atoms with van der Waals surface area (Å²) in [6.45, 7) is 5.92. The number of aromatic nitrogens is 2. The van der Waals surface area contributed by atoms with E-state index in [-0.39, 0.29) is 5.78 Å². The maximum Gasteiger partial charge on any atom is 0.184 e. The molecule has 0 spiro atoms. The zero-order chi connectivity index (χ0) is 12.7. The highest BCUT2D eigenvalue weighted by Crippen LogP contribution is 2.17. The molecule has 17 heavy (non-hydrogen) atoms. The molecule has 0 aliphatic carbocycles. The van der Waals surface area contributed by atoms with Gasteiger partial charge in [-0.2, -0.15) is 5.10 Å². The molecule has 0 unspecified atom stereocenters. The van der Waals surface area contributed by atoms with Crippen LogP contribution in [0.2, 0.25) is 5.02 Å². The van der Waals surface area contributed by atoms with E-state index in [1.165, 1.54) is 6.20 Å². The van der Waals surface area contributed by atoms with Gasteiger partial charge in [0.05, 0.1) is 17.8 Å². The highest BCUT2D eigenvalue weighted by Gasteiger charge is 2.16. The van der Waals surface area contributed by atoms with E-state index in [9.17, 15) is 4.79 Å². The second-order valence-electron chi connectivity index (χ2n) is 3.85. The number of ketones is 1. The molecule has 5 heteroatoms. The second kappa shape index (κ2) is 7.45. The van der Waals surface area contributed by atoms with E-state index >= 15 is 0 Å². The molecule has 0 saturated heterocycles. The largest absolute Gasteiger partial charge is 0.381 e. The van der Waals surface area contributed by atoms with Crippen LogP contribution in [0.1, 0.15) is 43.6 Å². The molecule has 1 aromatic rings. The number of aryl methyl sites for hydroxylation is 1. The van der Waals surface area contributed by atoms with E-state index in [0.717, 1.165) is 12.8 Å². The van der Waals surface area contributed by atoms with Crippen LogP contribution in [0, 0.1) is 0 Å². The highest BCUT2D eigenvalue weighted by molar-refractivity contribution is 6.33. The van der Waals surface area contributed by atoms with Gasteiger partial charge in [0.25, 0.3) is 0 Å². The Morgan fingerprint density at radius 1 is 1.41 bits per heavy atom. The number of hydrogen-bond acceptors (Lipinski definition) is 3. The lowest BCUT2D eigenvalue weighted by atomic mass is 10.2. The monoisotopic (exact) mass is 258 g/mol. The van der Waals surface area contributed by atoms with Crippen molar-refractivity contribution in [1.29, 1.82) is 0 Å². The molecule has 0 aliphatic heterocycles. The van der Waals surface area contributed by atoms with Gasteiger partial charge >= 0.3 is 0 Å². The molecule has 0 bridgehead atoms. The molecule has 0 radical (unpaired) electrons. The summed E-state index contributed by atoms with van der Waals surface area (Å²) in [5.41, 5.74) is 0.508. The van der Waals surface area contributed by atoms with Crippen LogP contribution in [-0.2, 0) is 11.3 Å². The first-order valence-corrected chi connectivity index (χ1v) is 6.40. The number of Topliss-reactive ketones (excluding diaryl/α,β-unsaturated/α-hetero) is 1. The van der Waals surface area contributed by atoms with Crippen LogP contribution in [0.5, 0.6) is 0 Å². The quantitative estimate of drug-likeness (QED) is 0.532. The van der Waals surface area contributed by atoms with E-state index < -0.39 is 0 Å². The van der Waals surface area contributed by atoms with Crippen LogP contribution in [0.15, 0.2) is 6.20 Å². The lowest BCUT2D eigenvalue weighted by Gasteiger charge is -2.06. The number of carbonyl (C=O) groups is 1. The lowest BCUT2D eigenvalue weighted by molar-refractivity contribution is 0.0869. The van der Waals surface area contributed by atoms with Crippen molar-refractivity contribution < 1.29 is 9.53 Å². The van der Waals surface area contributed by atoms with Gasteiger partial charge in [-0.3, -0.25) is 9.48 Å². The van der Waals surface area contributed by atoms with Gasteiger partial charge in [0.1, 0.15) is 5.69 Å². The zero-order valence-electron chi connectivity index (χ0n) is 10.4. The minimum atomic E-state index is -0.00273. The number of nitrogens with zero attached hydrogens (tertiary/aromatic N) is 2. The third kappa shape index (κ3) is 4.13. The van der Waals surface area contributed by atoms with Crippen molar-refractivity contribution >= 4 is 17.4 Å². The molecule has 1 heterocycles. The molecule has 1 rings (SSSR count). The van der Waals surface area contributed by atoms with Crippen molar-refractivity contribution in [2.75, 3.05) is 13.2 Å². The van der Waals surface area contributed by atoms with Gasteiger partial charge in [-0.25, -0.2) is 0 Å². The molecule has 1 aromatic heterocycles. The van der Waals surface area contributed by atoms with E-state index in [4.69, 9.17) is 16.3 Å². The molecule has 96 valence electrons. The van der Waals surface area contributed by atoms with Crippen molar-refractivity contribution in [2.45, 2.75) is 39.7 Å². The summed E-state index contributed by atoms with van der Waals surface area (Å²) in [5.74, 6) is -0.00273. The van der Waals surface area contributed by atoms with Crippen LogP contribution in [-0.4, -0.2) is 28.8 Å². The predicted molar refractivity (Wildman–Crippen MR) is 67.6 cm³/mol. The molecule has 0 saturated carbocycles. The zero-order valence-corrected chi connectivity index (χ0v) is 11.2. The van der Waals surface area contributed by atoms with Crippen molar-refractivity contribution in [3.8, 4) is 0 Å². The van der Waals surface area contributed by atoms with Crippen LogP contribution in [0.4, 0.5) is 0 Å². The molecule has 0 aliphatic rings. The van der Waals surface area contributed by atoms with Crippen molar-refractivity contribution in [3.05, 3.63) is 16.9 Å². The Labute approximate surface area is 107 Å². The first-order chi connectivity index (χ1) is 8.20. The standard InChI is InChI=1S/C12H19ClN2O2/c1-3-6-15-12(10(13)9-14-15)11(16)5-8-17-7-4-2/h9H,3-8H2,1-2H3. The number of rotatable bonds is 8. The van der Waals surface area contributed by atoms with Crippen molar-refractivity contribution in [1.82, 2.24) is 9.78 Å². The Balaban J connectivity index is 2.58. The summed E-state index contributed by atoms with van der Waals surface area (Å²) < 4.78 is 6.97. The Morgan fingerprint density at radius 3 is 2.82 bits per heavy atom. The summed E-state index contributed by atoms with van der Waals surface area (Å²) in [6.07, 6.45) is 3.76. The molecule has 0 amide bonds. The van der Waals surface area contributed by atoms with E-state index in [1.807, 2.05) is 13.8 Å². The maximum atomic E-state index is 12.0. The molecule has 0 N–H and O–H groups in total. The normalized spacial score (nSPS) is 10.8. The SMILES string of the molecule is CCCOCCC(=O)c1c(Cl)cnn1CCC. The Morgan fingerprint density at radius 2 is 2.18 bits per heavy atom. The summed E-state index contributed by atoms with van der Waals surface area (Å²) >= 11 is 5.97. The van der Waals surface area contributed by atoms with Crippen LogP contribution < -0.4 is 0 Å². The molecular formula is C12H19ClN2O2. The van der Waals surface area contributed by atoms with Gasteiger partial charge in [-0.1, -0.05) is 25.4 Å². The minimum absolute atomic E-state index is 0.00273. The van der Waals surface area contributed by atoms with Crippen molar-refractivity contribution in [3.63, 3.8) is 0 Å². The first kappa shape index (κ1) is 14.2. The van der Waals surface area contributed by atoms with Crippen LogP contribution >= 0.6 is 11.6 Å². The smallest absolute Gasteiger partial charge is 0.184 e. The maximum absolute atomic E-state index is 12.0. The third-order valence-electron chi connectivity index (χ3n) is 2.32. The average molecular weight is 259 g/mol. The second-order valence-corrected chi connectivity index (χ2v) is 4.26. The molecular weight excluding hydrogens is 240 g/mol. The molecule has 0 fully saturated rings. The highest BCUT2D eigenvalue weighted by atomic mass is 35.5. The Hall–Kier alpha value is -0.870. The Kier molecular flexibility index (Phi) is 6.22. The fourth-order valence-corrected chi connectivity index (χ4v) is 1.80. The number of halogens is 1. The lowest BCUT2D eigenvalue weighted by Crippen LogP contribution is -2.13. The van der Waals surface area contributed by atoms with Gasteiger partial charge < -0.3 is 4.74 Å². The number of ether oxygens (including phenoxy) is 1. The van der Waals surface area contributed by atoms with Crippen molar-refractivity contribution in [2.24, 2.45) is 0 Å². The molecule has 0 aromatic carbocycles. The topological polar surface area (TPSA) is 44.1 Å². The van der Waals surface area contributed by atoms with Crippen LogP contribution in [0.25, 0.3) is 0 Å². The summed E-state index contributed by atoms with van der Waals surface area (Å²) in [4.78, 5) is 12.0. The van der Waals surface area contributed by atoms with E-state index in [0.29, 0.717) is 36.9 Å². The Bertz CT molecular complexity index is 363. The summed E-state index contributed by atoms with van der Waals surface area (Å²) in [7, 11) is 0. The summed E-state index contributed by atoms with van der Waals surface area (Å²) in [5, 5.41) is 4.52. The van der Waals surface area contributed by atoms with Gasteiger partial charge in [-0.05, 0) is 12.8 Å². The van der Waals surface area contributed by atoms with E-state index in [2.05, 4.69) is 5.10 Å². The number of hydrogen-bond donors (Lipinski definition) is 0. The molecule has 4 nitrogen and oxygen atoms in total. The average Bonchev–Trinajstić information content (AvgIpc) is 2.66. The third-order valence-corrected chi connectivity index (χ3v) is 2.59. The molecule has 0 atom stereocenters. The minimum Gasteiger partial charge on any atom is -0.381 e. The van der Waals surface area contributed by atoms with Gasteiger partial charge in [0.2, 0.25) is 0 Å². The fourth-order valence-electron chi connectivity index (χ4n) is 1.55.